The van der Waals surface area contributed by atoms with Crippen LogP contribution in [0.1, 0.15) is 40.6 Å². The Hall–Kier alpha value is -5.73. The van der Waals surface area contributed by atoms with Crippen molar-refractivity contribution in [3.05, 3.63) is 135 Å². The monoisotopic (exact) mass is 652 g/mol. The van der Waals surface area contributed by atoms with Crippen molar-refractivity contribution < 1.29 is 18.7 Å². The first kappa shape index (κ1) is 32.7. The molecule has 5 rings (SSSR count). The average molecular weight is 653 g/mol. The molecule has 5 aromatic rings. The molecular weight excluding hydrogens is 623 g/mol. The van der Waals surface area contributed by atoms with E-state index < -0.39 is 29.4 Å². The number of fused-ring (bicyclic) bond motifs is 1. The van der Waals surface area contributed by atoms with Crippen LogP contribution in [0.4, 0.5) is 14.9 Å². The summed E-state index contributed by atoms with van der Waals surface area (Å²) in [7, 11) is 0. The third-order valence-corrected chi connectivity index (χ3v) is 7.45. The minimum Gasteiger partial charge on any atom is -0.445 e. The molecule has 2 amide bonds. The van der Waals surface area contributed by atoms with E-state index >= 15 is 4.39 Å². The van der Waals surface area contributed by atoms with E-state index in [2.05, 4.69) is 21.6 Å². The molecule has 2 aromatic heterocycles. The van der Waals surface area contributed by atoms with Crippen LogP contribution in [0.15, 0.2) is 102 Å². The number of ether oxygens (including phenoxy) is 1. The second-order valence-corrected chi connectivity index (χ2v) is 10.7. The SMILES string of the molecule is C#CCC(c1nc2cccnc2c(=O)n1Nc1ccccc1)N(CCCNC(=O)OCc1ccccc1)C(=O)c1cccc(Cl)c1F. The number of halogens is 2. The minimum atomic E-state index is -1.02. The highest BCUT2D eigenvalue weighted by atomic mass is 35.5. The highest BCUT2D eigenvalue weighted by Crippen LogP contribution is 2.28. The van der Waals surface area contributed by atoms with E-state index in [0.29, 0.717) is 5.69 Å². The van der Waals surface area contributed by atoms with E-state index in [-0.39, 0.29) is 60.0 Å². The molecule has 0 bridgehead atoms. The second kappa shape index (κ2) is 15.5. The number of hydrogen-bond acceptors (Lipinski definition) is 7. The normalized spacial score (nSPS) is 11.3. The Morgan fingerprint density at radius 2 is 1.77 bits per heavy atom. The molecule has 0 aliphatic heterocycles. The highest BCUT2D eigenvalue weighted by molar-refractivity contribution is 6.31. The van der Waals surface area contributed by atoms with Crippen molar-refractivity contribution in [1.82, 2.24) is 24.9 Å². The lowest BCUT2D eigenvalue weighted by Gasteiger charge is -2.32. The molecule has 2 heterocycles. The molecule has 47 heavy (non-hydrogen) atoms. The summed E-state index contributed by atoms with van der Waals surface area (Å²) in [5.74, 6) is 1.04. The lowest BCUT2D eigenvalue weighted by atomic mass is 10.1. The summed E-state index contributed by atoms with van der Waals surface area (Å²) in [6.07, 6.45) is 6.79. The Bertz CT molecular complexity index is 1970. The smallest absolute Gasteiger partial charge is 0.407 e. The number of hydrogen-bond donors (Lipinski definition) is 2. The van der Waals surface area contributed by atoms with Crippen LogP contribution >= 0.6 is 11.6 Å². The molecule has 12 heteroatoms. The fourth-order valence-electron chi connectivity index (χ4n) is 4.90. The lowest BCUT2D eigenvalue weighted by molar-refractivity contribution is 0.0660. The molecule has 1 atom stereocenters. The number of terminal acetylenes is 1. The number of carbonyl (C=O) groups excluding carboxylic acids is 2. The van der Waals surface area contributed by atoms with Crippen LogP contribution in [0.5, 0.6) is 0 Å². The number of para-hydroxylation sites is 1. The molecule has 10 nitrogen and oxygen atoms in total. The Labute approximate surface area is 275 Å². The molecule has 2 N–H and O–H groups in total. The van der Waals surface area contributed by atoms with E-state index in [1.165, 1.54) is 34.0 Å². The van der Waals surface area contributed by atoms with Crippen LogP contribution in [0.25, 0.3) is 11.0 Å². The fraction of sp³-hybridized carbons (Fsp3) is 0.171. The molecule has 0 radical (unpaired) electrons. The number of nitrogens with zero attached hydrogens (tertiary/aromatic N) is 4. The van der Waals surface area contributed by atoms with E-state index in [9.17, 15) is 14.4 Å². The van der Waals surface area contributed by atoms with Gasteiger partial charge in [0.25, 0.3) is 11.5 Å². The van der Waals surface area contributed by atoms with E-state index in [4.69, 9.17) is 27.7 Å². The maximum Gasteiger partial charge on any atom is 0.407 e. The molecule has 0 aliphatic carbocycles. The molecule has 3 aromatic carbocycles. The third kappa shape index (κ3) is 7.92. The number of alkyl carbamates (subject to hydrolysis) is 1. The van der Waals surface area contributed by atoms with Gasteiger partial charge >= 0.3 is 6.09 Å². The first-order valence-electron chi connectivity index (χ1n) is 14.7. The lowest BCUT2D eigenvalue weighted by Crippen LogP contribution is -2.42. The van der Waals surface area contributed by atoms with Gasteiger partial charge in [-0.15, -0.1) is 12.3 Å². The zero-order chi connectivity index (χ0) is 33.2. The molecule has 0 saturated heterocycles. The number of benzene rings is 3. The van der Waals surface area contributed by atoms with Gasteiger partial charge in [0.1, 0.15) is 12.6 Å². The first-order chi connectivity index (χ1) is 22.9. The quantitative estimate of drug-likeness (QED) is 0.126. The first-order valence-corrected chi connectivity index (χ1v) is 15.1. The summed E-state index contributed by atoms with van der Waals surface area (Å²) in [4.78, 5) is 50.6. The van der Waals surface area contributed by atoms with Crippen molar-refractivity contribution in [3.63, 3.8) is 0 Å². The number of rotatable bonds is 12. The molecule has 0 saturated carbocycles. The van der Waals surface area contributed by atoms with Crippen LogP contribution in [0.3, 0.4) is 0 Å². The van der Waals surface area contributed by atoms with Gasteiger partial charge in [-0.2, -0.15) is 0 Å². The van der Waals surface area contributed by atoms with Gasteiger partial charge < -0.3 is 15.0 Å². The number of nitrogens with one attached hydrogen (secondary N) is 2. The fourth-order valence-corrected chi connectivity index (χ4v) is 5.07. The molecule has 0 aliphatic rings. The summed E-state index contributed by atoms with van der Waals surface area (Å²) in [5, 5.41) is 2.44. The summed E-state index contributed by atoms with van der Waals surface area (Å²) in [5.41, 5.74) is 4.01. The van der Waals surface area contributed by atoms with Crippen molar-refractivity contribution >= 4 is 40.3 Å². The minimum absolute atomic E-state index is 0.0115. The molecular formula is C35H30ClFN6O4. The maximum absolute atomic E-state index is 15.2. The predicted molar refractivity (Wildman–Crippen MR) is 177 cm³/mol. The number of carbonyl (C=O) groups is 2. The molecule has 0 fully saturated rings. The Kier molecular flexibility index (Phi) is 10.8. The van der Waals surface area contributed by atoms with Gasteiger partial charge in [0, 0.05) is 25.7 Å². The van der Waals surface area contributed by atoms with E-state index in [1.54, 1.807) is 36.4 Å². The zero-order valence-electron chi connectivity index (χ0n) is 25.1. The summed E-state index contributed by atoms with van der Waals surface area (Å²) in [6, 6.07) is 24.5. The van der Waals surface area contributed by atoms with Gasteiger partial charge in [0.05, 0.1) is 21.8 Å². The molecule has 1 unspecified atom stereocenters. The zero-order valence-corrected chi connectivity index (χ0v) is 25.9. The van der Waals surface area contributed by atoms with Gasteiger partial charge in [-0.05, 0) is 48.4 Å². The van der Waals surface area contributed by atoms with Crippen molar-refractivity contribution in [3.8, 4) is 12.3 Å². The topological polar surface area (TPSA) is 118 Å². The Morgan fingerprint density at radius 3 is 2.51 bits per heavy atom. The number of aromatic nitrogens is 3. The Morgan fingerprint density at radius 1 is 1.02 bits per heavy atom. The number of anilines is 1. The van der Waals surface area contributed by atoms with Crippen LogP contribution in [-0.4, -0.2) is 44.6 Å². The molecule has 238 valence electrons. The van der Waals surface area contributed by atoms with Crippen molar-refractivity contribution in [2.24, 2.45) is 0 Å². The van der Waals surface area contributed by atoms with Crippen molar-refractivity contribution in [2.45, 2.75) is 25.5 Å². The summed E-state index contributed by atoms with van der Waals surface area (Å²) in [6.45, 7) is 0.189. The number of amides is 2. The van der Waals surface area contributed by atoms with Crippen LogP contribution in [0, 0.1) is 18.2 Å². The summed E-state index contributed by atoms with van der Waals surface area (Å²) < 4.78 is 21.7. The van der Waals surface area contributed by atoms with Gasteiger partial charge in [-0.3, -0.25) is 15.0 Å². The van der Waals surface area contributed by atoms with Crippen molar-refractivity contribution in [1.29, 1.82) is 0 Å². The van der Waals surface area contributed by atoms with Crippen molar-refractivity contribution in [2.75, 3.05) is 18.5 Å². The van der Waals surface area contributed by atoms with Gasteiger partial charge in [0.15, 0.2) is 17.2 Å². The van der Waals surface area contributed by atoms with Crippen LogP contribution in [0.2, 0.25) is 5.02 Å². The van der Waals surface area contributed by atoms with E-state index in [0.717, 1.165) is 5.56 Å². The predicted octanol–water partition coefficient (Wildman–Crippen LogP) is 5.98. The number of pyridine rings is 1. The van der Waals surface area contributed by atoms with Gasteiger partial charge in [0.2, 0.25) is 0 Å². The van der Waals surface area contributed by atoms with Gasteiger partial charge in [-0.25, -0.2) is 23.8 Å². The molecule has 0 spiro atoms. The van der Waals surface area contributed by atoms with Crippen LogP contribution < -0.4 is 16.3 Å². The standard InChI is InChI=1S/C35H30ClFN6O4/c1-2-12-29(32-40-28-19-10-20-38-31(28)34(45)43(32)41-25-15-7-4-8-16-25)42(33(44)26-17-9-18-27(36)30(26)37)22-11-21-39-35(46)47-23-24-13-5-3-6-14-24/h1,3-10,13-20,29,41H,11-12,21-23H2,(H,39,46). The summed E-state index contributed by atoms with van der Waals surface area (Å²) >= 11 is 6.04. The largest absolute Gasteiger partial charge is 0.445 e. The maximum atomic E-state index is 15.2. The third-order valence-electron chi connectivity index (χ3n) is 7.16. The highest BCUT2D eigenvalue weighted by Gasteiger charge is 2.32. The van der Waals surface area contributed by atoms with E-state index in [1.807, 2.05) is 36.4 Å². The average Bonchev–Trinajstić information content (AvgIpc) is 3.10. The van der Waals surface area contributed by atoms with Crippen LogP contribution in [-0.2, 0) is 11.3 Å². The second-order valence-electron chi connectivity index (χ2n) is 10.3. The van der Waals surface area contributed by atoms with Gasteiger partial charge in [-0.1, -0.05) is 66.2 Å². The Balaban J connectivity index is 1.49.